The molecule has 0 saturated carbocycles. The third-order valence-electron chi connectivity index (χ3n) is 4.28. The fourth-order valence-corrected chi connectivity index (χ4v) is 2.71. The van der Waals surface area contributed by atoms with Gasteiger partial charge in [-0.15, -0.1) is 0 Å². The Hall–Kier alpha value is -3.42. The number of hydrogen-bond acceptors (Lipinski definition) is 5. The maximum Gasteiger partial charge on any atom is 0.251 e. The fraction of sp³-hybridized carbons (Fsp3) is 0.364. The van der Waals surface area contributed by atoms with Gasteiger partial charge in [0.25, 0.3) is 5.91 Å². The molecule has 0 saturated heterocycles. The van der Waals surface area contributed by atoms with E-state index in [0.29, 0.717) is 36.9 Å². The molecule has 0 fully saturated rings. The zero-order chi connectivity index (χ0) is 21.8. The molecule has 0 aromatic heterocycles. The Morgan fingerprint density at radius 2 is 1.63 bits per heavy atom. The molecule has 2 aromatic rings. The Morgan fingerprint density at radius 1 is 0.900 bits per heavy atom. The van der Waals surface area contributed by atoms with E-state index in [1.807, 2.05) is 25.1 Å². The molecule has 0 aliphatic heterocycles. The van der Waals surface area contributed by atoms with Gasteiger partial charge in [-0.2, -0.15) is 0 Å². The third kappa shape index (κ3) is 6.88. The van der Waals surface area contributed by atoms with Crippen LogP contribution >= 0.6 is 0 Å². The second-order valence-corrected chi connectivity index (χ2v) is 6.29. The largest absolute Gasteiger partial charge is 0.497 e. The topological polar surface area (TPSA) is 93.2 Å². The predicted octanol–water partition coefficient (Wildman–Crippen LogP) is 2.20. The van der Waals surface area contributed by atoms with E-state index >= 15 is 0 Å². The van der Waals surface area contributed by atoms with E-state index in [9.17, 15) is 4.79 Å². The number of carbonyl (C=O) groups is 1. The van der Waals surface area contributed by atoms with Crippen LogP contribution in [0.5, 0.6) is 17.2 Å². The standard InChI is InChI=1S/C22H30N4O4/c1-5-23-22(26-15-17-9-10-19(29-3)14-20(17)30-4)25-12-11-24-21(27)16-7-6-8-18(13-16)28-2/h6-10,13-14H,5,11-12,15H2,1-4H3,(H,24,27)(H2,23,25,26). The molecular formula is C22H30N4O4. The summed E-state index contributed by atoms with van der Waals surface area (Å²) in [6.45, 7) is 4.14. The van der Waals surface area contributed by atoms with Gasteiger partial charge in [0, 0.05) is 36.8 Å². The summed E-state index contributed by atoms with van der Waals surface area (Å²) in [6.07, 6.45) is 0. The second kappa shape index (κ2) is 12.2. The SMILES string of the molecule is CCNC(=NCc1ccc(OC)cc1OC)NCCNC(=O)c1cccc(OC)c1. The number of nitrogens with zero attached hydrogens (tertiary/aromatic N) is 1. The van der Waals surface area contributed by atoms with Gasteiger partial charge in [-0.3, -0.25) is 4.79 Å². The molecule has 0 heterocycles. The van der Waals surface area contributed by atoms with Crippen molar-refractivity contribution in [3.63, 3.8) is 0 Å². The van der Waals surface area contributed by atoms with Crippen molar-refractivity contribution in [1.29, 1.82) is 0 Å². The van der Waals surface area contributed by atoms with Crippen LogP contribution in [0.3, 0.4) is 0 Å². The Kier molecular flexibility index (Phi) is 9.30. The number of nitrogens with one attached hydrogen (secondary N) is 3. The predicted molar refractivity (Wildman–Crippen MR) is 118 cm³/mol. The molecule has 0 atom stereocenters. The molecule has 0 aliphatic carbocycles. The summed E-state index contributed by atoms with van der Waals surface area (Å²) in [5.74, 6) is 2.61. The first-order chi connectivity index (χ1) is 14.6. The van der Waals surface area contributed by atoms with Gasteiger partial charge in [-0.1, -0.05) is 6.07 Å². The summed E-state index contributed by atoms with van der Waals surface area (Å²) in [4.78, 5) is 16.8. The first kappa shape index (κ1) is 22.9. The van der Waals surface area contributed by atoms with Crippen molar-refractivity contribution in [2.24, 2.45) is 4.99 Å². The fourth-order valence-electron chi connectivity index (χ4n) is 2.71. The summed E-state index contributed by atoms with van der Waals surface area (Å²) in [5.41, 5.74) is 1.50. The smallest absolute Gasteiger partial charge is 0.251 e. The highest BCUT2D eigenvalue weighted by Crippen LogP contribution is 2.25. The number of methoxy groups -OCH3 is 3. The molecule has 2 rings (SSSR count). The maximum atomic E-state index is 12.3. The summed E-state index contributed by atoms with van der Waals surface area (Å²) in [7, 11) is 4.81. The van der Waals surface area contributed by atoms with Crippen molar-refractivity contribution in [1.82, 2.24) is 16.0 Å². The van der Waals surface area contributed by atoms with Gasteiger partial charge in [0.15, 0.2) is 5.96 Å². The van der Waals surface area contributed by atoms with E-state index in [1.54, 1.807) is 45.6 Å². The zero-order valence-electron chi connectivity index (χ0n) is 18.0. The second-order valence-electron chi connectivity index (χ2n) is 6.29. The molecule has 162 valence electrons. The third-order valence-corrected chi connectivity index (χ3v) is 4.28. The van der Waals surface area contributed by atoms with Crippen LogP contribution in [-0.2, 0) is 6.54 Å². The molecule has 8 heteroatoms. The number of aliphatic imine (C=N–C) groups is 1. The van der Waals surface area contributed by atoms with Crippen molar-refractivity contribution < 1.29 is 19.0 Å². The van der Waals surface area contributed by atoms with Crippen LogP contribution < -0.4 is 30.2 Å². The van der Waals surface area contributed by atoms with Gasteiger partial charge < -0.3 is 30.2 Å². The Bertz CT molecular complexity index is 855. The number of carbonyl (C=O) groups excluding carboxylic acids is 1. The monoisotopic (exact) mass is 414 g/mol. The average Bonchev–Trinajstić information content (AvgIpc) is 2.79. The lowest BCUT2D eigenvalue weighted by Gasteiger charge is -2.13. The minimum Gasteiger partial charge on any atom is -0.497 e. The summed E-state index contributed by atoms with van der Waals surface area (Å²) in [5, 5.41) is 9.28. The first-order valence-electron chi connectivity index (χ1n) is 9.76. The van der Waals surface area contributed by atoms with E-state index in [0.717, 1.165) is 23.6 Å². The number of ether oxygens (including phenoxy) is 3. The average molecular weight is 415 g/mol. The molecule has 0 bridgehead atoms. The summed E-state index contributed by atoms with van der Waals surface area (Å²) >= 11 is 0. The van der Waals surface area contributed by atoms with E-state index < -0.39 is 0 Å². The highest BCUT2D eigenvalue weighted by atomic mass is 16.5. The molecule has 30 heavy (non-hydrogen) atoms. The van der Waals surface area contributed by atoms with Crippen LogP contribution in [0.2, 0.25) is 0 Å². The first-order valence-corrected chi connectivity index (χ1v) is 9.76. The van der Waals surface area contributed by atoms with Gasteiger partial charge in [-0.05, 0) is 37.3 Å². The van der Waals surface area contributed by atoms with Crippen molar-refractivity contribution in [3.05, 3.63) is 53.6 Å². The number of amides is 1. The van der Waals surface area contributed by atoms with Crippen LogP contribution in [0, 0.1) is 0 Å². The number of guanidine groups is 1. The highest BCUT2D eigenvalue weighted by Gasteiger charge is 2.07. The summed E-state index contributed by atoms with van der Waals surface area (Å²) < 4.78 is 15.8. The van der Waals surface area contributed by atoms with Crippen LogP contribution in [0.1, 0.15) is 22.8 Å². The lowest BCUT2D eigenvalue weighted by molar-refractivity contribution is 0.0954. The molecule has 8 nitrogen and oxygen atoms in total. The maximum absolute atomic E-state index is 12.3. The minimum atomic E-state index is -0.152. The molecule has 0 radical (unpaired) electrons. The van der Waals surface area contributed by atoms with E-state index in [2.05, 4.69) is 20.9 Å². The minimum absolute atomic E-state index is 0.152. The van der Waals surface area contributed by atoms with Crippen LogP contribution in [0.4, 0.5) is 0 Å². The molecular weight excluding hydrogens is 384 g/mol. The zero-order valence-corrected chi connectivity index (χ0v) is 18.0. The van der Waals surface area contributed by atoms with Gasteiger partial charge in [0.2, 0.25) is 0 Å². The number of hydrogen-bond donors (Lipinski definition) is 3. The van der Waals surface area contributed by atoms with E-state index in [1.165, 1.54) is 0 Å². The van der Waals surface area contributed by atoms with Gasteiger partial charge in [0.05, 0.1) is 27.9 Å². The molecule has 0 aliphatic rings. The van der Waals surface area contributed by atoms with Gasteiger partial charge in [-0.25, -0.2) is 4.99 Å². The van der Waals surface area contributed by atoms with Gasteiger partial charge >= 0.3 is 0 Å². The van der Waals surface area contributed by atoms with Crippen molar-refractivity contribution in [3.8, 4) is 17.2 Å². The molecule has 2 aromatic carbocycles. The van der Waals surface area contributed by atoms with Gasteiger partial charge in [0.1, 0.15) is 17.2 Å². The molecule has 0 unspecified atom stereocenters. The summed E-state index contributed by atoms with van der Waals surface area (Å²) in [6, 6.07) is 12.7. The van der Waals surface area contributed by atoms with Crippen LogP contribution in [0.15, 0.2) is 47.5 Å². The molecule has 0 spiro atoms. The van der Waals surface area contributed by atoms with Crippen molar-refractivity contribution in [2.45, 2.75) is 13.5 Å². The van der Waals surface area contributed by atoms with Crippen LogP contribution in [0.25, 0.3) is 0 Å². The molecule has 1 amide bonds. The number of benzene rings is 2. The van der Waals surface area contributed by atoms with Crippen molar-refractivity contribution >= 4 is 11.9 Å². The lowest BCUT2D eigenvalue weighted by Crippen LogP contribution is -2.41. The van der Waals surface area contributed by atoms with Crippen molar-refractivity contribution in [2.75, 3.05) is 41.0 Å². The Labute approximate surface area is 177 Å². The van der Waals surface area contributed by atoms with E-state index in [4.69, 9.17) is 14.2 Å². The molecule has 3 N–H and O–H groups in total. The normalized spacial score (nSPS) is 10.9. The number of rotatable bonds is 10. The highest BCUT2D eigenvalue weighted by molar-refractivity contribution is 5.94. The van der Waals surface area contributed by atoms with Crippen LogP contribution in [-0.4, -0.2) is 52.8 Å². The Balaban J connectivity index is 1.88. The Morgan fingerprint density at radius 3 is 2.33 bits per heavy atom. The van der Waals surface area contributed by atoms with E-state index in [-0.39, 0.29) is 5.91 Å². The quantitative estimate of drug-likeness (QED) is 0.314. The lowest BCUT2D eigenvalue weighted by atomic mass is 10.2.